The number of halogens is 1. The van der Waals surface area contributed by atoms with Crippen LogP contribution in [0, 0.1) is 0 Å². The Hall–Kier alpha value is -2.33. The van der Waals surface area contributed by atoms with Crippen LogP contribution in [0.25, 0.3) is 0 Å². The van der Waals surface area contributed by atoms with Gasteiger partial charge in [-0.25, -0.2) is 0 Å². The highest BCUT2D eigenvalue weighted by Gasteiger charge is 2.11. The predicted octanol–water partition coefficient (Wildman–Crippen LogP) is 4.12. The molecule has 1 unspecified atom stereocenters. The first-order valence-corrected chi connectivity index (χ1v) is 7.86. The number of carbonyl (C=O) groups excluding carboxylic acids is 2. The summed E-state index contributed by atoms with van der Waals surface area (Å²) in [7, 11) is 0. The third kappa shape index (κ3) is 4.57. The molecule has 0 saturated carbocycles. The van der Waals surface area contributed by atoms with E-state index in [1.54, 1.807) is 48.5 Å². The molecule has 0 radical (unpaired) electrons. The molecule has 2 rings (SSSR count). The average Bonchev–Trinajstić information content (AvgIpc) is 2.55. The van der Waals surface area contributed by atoms with E-state index in [2.05, 4.69) is 10.6 Å². The van der Waals surface area contributed by atoms with E-state index in [9.17, 15) is 9.59 Å². The molecule has 0 fully saturated rings. The Balaban J connectivity index is 2.04. The van der Waals surface area contributed by atoms with Gasteiger partial charge in [-0.2, -0.15) is 0 Å². The van der Waals surface area contributed by atoms with Gasteiger partial charge in [-0.15, -0.1) is 0 Å². The summed E-state index contributed by atoms with van der Waals surface area (Å²) in [6.45, 7) is 3.97. The molecule has 5 heteroatoms. The van der Waals surface area contributed by atoms with E-state index in [1.807, 2.05) is 13.8 Å². The number of nitrogens with one attached hydrogen (secondary N) is 2. The largest absolute Gasteiger partial charge is 0.350 e. The Morgan fingerprint density at radius 3 is 2.30 bits per heavy atom. The van der Waals surface area contributed by atoms with Crippen LogP contribution in [0.5, 0.6) is 0 Å². The van der Waals surface area contributed by atoms with Crippen LogP contribution >= 0.6 is 11.6 Å². The topological polar surface area (TPSA) is 58.2 Å². The molecule has 2 amide bonds. The number of hydrogen-bond acceptors (Lipinski definition) is 2. The van der Waals surface area contributed by atoms with E-state index in [1.165, 1.54) is 0 Å². The van der Waals surface area contributed by atoms with Crippen LogP contribution in [0.4, 0.5) is 5.69 Å². The summed E-state index contributed by atoms with van der Waals surface area (Å²) >= 11 is 6.00. The van der Waals surface area contributed by atoms with Crippen molar-refractivity contribution in [3.05, 3.63) is 64.7 Å². The summed E-state index contributed by atoms with van der Waals surface area (Å²) < 4.78 is 0. The minimum absolute atomic E-state index is 0.122. The molecule has 2 aromatic rings. The lowest BCUT2D eigenvalue weighted by Crippen LogP contribution is -2.31. The molecule has 23 heavy (non-hydrogen) atoms. The van der Waals surface area contributed by atoms with Gasteiger partial charge in [0.05, 0.1) is 10.6 Å². The third-order valence-corrected chi connectivity index (χ3v) is 3.84. The van der Waals surface area contributed by atoms with Crippen molar-refractivity contribution < 1.29 is 9.59 Å². The molecule has 1 atom stereocenters. The molecule has 0 aliphatic carbocycles. The number of benzene rings is 2. The lowest BCUT2D eigenvalue weighted by Gasteiger charge is -2.12. The maximum atomic E-state index is 12.2. The minimum atomic E-state index is -0.285. The Morgan fingerprint density at radius 1 is 1.04 bits per heavy atom. The third-order valence-electron chi connectivity index (χ3n) is 3.51. The van der Waals surface area contributed by atoms with Crippen molar-refractivity contribution in [2.45, 2.75) is 26.3 Å². The number of carbonyl (C=O) groups is 2. The monoisotopic (exact) mass is 330 g/mol. The van der Waals surface area contributed by atoms with Gasteiger partial charge in [-0.3, -0.25) is 9.59 Å². The number of anilines is 1. The number of hydrogen-bond donors (Lipinski definition) is 2. The van der Waals surface area contributed by atoms with Crippen molar-refractivity contribution in [3.63, 3.8) is 0 Å². The standard InChI is InChI=1S/C18H19ClN2O2/c1-3-12(2)20-17(22)13-8-10-14(11-9-13)21-18(23)15-6-4-5-7-16(15)19/h4-12H,3H2,1-2H3,(H,20,22)(H,21,23). The van der Waals surface area contributed by atoms with Crippen molar-refractivity contribution in [1.29, 1.82) is 0 Å². The molecule has 0 spiro atoms. The SMILES string of the molecule is CCC(C)NC(=O)c1ccc(NC(=O)c2ccccc2Cl)cc1. The molecular formula is C18H19ClN2O2. The zero-order valence-electron chi connectivity index (χ0n) is 13.1. The van der Waals surface area contributed by atoms with E-state index in [-0.39, 0.29) is 17.9 Å². The van der Waals surface area contributed by atoms with Gasteiger partial charge < -0.3 is 10.6 Å². The second-order valence-corrected chi connectivity index (χ2v) is 5.70. The van der Waals surface area contributed by atoms with E-state index in [0.717, 1.165) is 6.42 Å². The summed E-state index contributed by atoms with van der Waals surface area (Å²) in [4.78, 5) is 24.2. The first-order valence-electron chi connectivity index (χ1n) is 7.48. The van der Waals surface area contributed by atoms with Crippen molar-refractivity contribution in [3.8, 4) is 0 Å². The predicted molar refractivity (Wildman–Crippen MR) is 93.1 cm³/mol. The lowest BCUT2D eigenvalue weighted by molar-refractivity contribution is 0.0938. The van der Waals surface area contributed by atoms with Crippen LogP contribution < -0.4 is 10.6 Å². The molecule has 4 nitrogen and oxygen atoms in total. The summed E-state index contributed by atoms with van der Waals surface area (Å²) in [5, 5.41) is 6.06. The average molecular weight is 331 g/mol. The first-order chi connectivity index (χ1) is 11.0. The van der Waals surface area contributed by atoms with E-state index < -0.39 is 0 Å². The van der Waals surface area contributed by atoms with E-state index in [4.69, 9.17) is 11.6 Å². The van der Waals surface area contributed by atoms with E-state index in [0.29, 0.717) is 21.8 Å². The second-order valence-electron chi connectivity index (χ2n) is 5.29. The van der Waals surface area contributed by atoms with Crippen LogP contribution in [0.3, 0.4) is 0 Å². The number of rotatable bonds is 5. The highest BCUT2D eigenvalue weighted by atomic mass is 35.5. The van der Waals surface area contributed by atoms with Crippen molar-refractivity contribution in [2.75, 3.05) is 5.32 Å². The lowest BCUT2D eigenvalue weighted by atomic mass is 10.1. The van der Waals surface area contributed by atoms with Gasteiger partial charge in [0.2, 0.25) is 0 Å². The Kier molecular flexibility index (Phi) is 5.77. The van der Waals surface area contributed by atoms with Crippen molar-refractivity contribution in [2.24, 2.45) is 0 Å². The first kappa shape index (κ1) is 17.0. The van der Waals surface area contributed by atoms with Crippen LogP contribution in [0.2, 0.25) is 5.02 Å². The van der Waals surface area contributed by atoms with Gasteiger partial charge in [0.25, 0.3) is 11.8 Å². The van der Waals surface area contributed by atoms with Crippen LogP contribution in [0.15, 0.2) is 48.5 Å². The molecular weight excluding hydrogens is 312 g/mol. The fourth-order valence-electron chi connectivity index (χ4n) is 1.96. The van der Waals surface area contributed by atoms with Crippen molar-refractivity contribution >= 4 is 29.1 Å². The smallest absolute Gasteiger partial charge is 0.257 e. The summed E-state index contributed by atoms with van der Waals surface area (Å²) in [5.74, 6) is -0.407. The van der Waals surface area contributed by atoms with Gasteiger partial charge in [0.1, 0.15) is 0 Å². The summed E-state index contributed by atoms with van der Waals surface area (Å²) in [5.41, 5.74) is 1.57. The fourth-order valence-corrected chi connectivity index (χ4v) is 2.18. The van der Waals surface area contributed by atoms with Crippen LogP contribution in [-0.2, 0) is 0 Å². The van der Waals surface area contributed by atoms with Crippen LogP contribution in [0.1, 0.15) is 41.0 Å². The molecule has 0 bridgehead atoms. The molecule has 120 valence electrons. The second kappa shape index (κ2) is 7.79. The summed E-state index contributed by atoms with van der Waals surface area (Å²) in [6.07, 6.45) is 0.873. The molecule has 0 aliphatic heterocycles. The molecule has 2 aromatic carbocycles. The van der Waals surface area contributed by atoms with Gasteiger partial charge in [0.15, 0.2) is 0 Å². The maximum Gasteiger partial charge on any atom is 0.257 e. The zero-order valence-corrected chi connectivity index (χ0v) is 13.9. The molecule has 0 heterocycles. The molecule has 0 aliphatic rings. The normalized spacial score (nSPS) is 11.6. The zero-order chi connectivity index (χ0) is 16.8. The van der Waals surface area contributed by atoms with Gasteiger partial charge >= 0.3 is 0 Å². The highest BCUT2D eigenvalue weighted by molar-refractivity contribution is 6.34. The summed E-state index contributed by atoms with van der Waals surface area (Å²) in [6, 6.07) is 13.7. The molecule has 0 aromatic heterocycles. The Labute approximate surface area is 140 Å². The van der Waals surface area contributed by atoms with E-state index >= 15 is 0 Å². The quantitative estimate of drug-likeness (QED) is 0.866. The van der Waals surface area contributed by atoms with Crippen LogP contribution in [-0.4, -0.2) is 17.9 Å². The molecule has 2 N–H and O–H groups in total. The van der Waals surface area contributed by atoms with Crippen molar-refractivity contribution in [1.82, 2.24) is 5.32 Å². The van der Waals surface area contributed by atoms with Gasteiger partial charge in [0, 0.05) is 17.3 Å². The maximum absolute atomic E-state index is 12.2. The molecule has 0 saturated heterocycles. The fraction of sp³-hybridized carbons (Fsp3) is 0.222. The number of amides is 2. The van der Waals surface area contributed by atoms with Gasteiger partial charge in [-0.05, 0) is 49.7 Å². The Morgan fingerprint density at radius 2 is 1.70 bits per heavy atom. The highest BCUT2D eigenvalue weighted by Crippen LogP contribution is 2.17. The Bertz CT molecular complexity index is 698. The van der Waals surface area contributed by atoms with Gasteiger partial charge in [-0.1, -0.05) is 30.7 Å². The minimum Gasteiger partial charge on any atom is -0.350 e.